The molecule has 0 aliphatic heterocycles. The van der Waals surface area contributed by atoms with Crippen LogP contribution >= 0.6 is 23.1 Å². The molecule has 0 fully saturated rings. The Balaban J connectivity index is 2.00. The lowest BCUT2D eigenvalue weighted by molar-refractivity contribution is -0.122. The Morgan fingerprint density at radius 2 is 2.25 bits per heavy atom. The van der Waals surface area contributed by atoms with Gasteiger partial charge in [-0.05, 0) is 31.9 Å². The van der Waals surface area contributed by atoms with Crippen LogP contribution in [0.2, 0.25) is 0 Å². The molecule has 1 amide bonds. The first-order valence-electron chi connectivity index (χ1n) is 7.65. The number of nitrogens with zero attached hydrogens (tertiary/aromatic N) is 2. The molecule has 0 bridgehead atoms. The Labute approximate surface area is 150 Å². The number of rotatable bonds is 8. The topological polar surface area (TPSA) is 64.1 Å². The van der Waals surface area contributed by atoms with Gasteiger partial charge in [0.1, 0.15) is 5.75 Å². The number of carbonyl (C=O) groups excluding carboxylic acids is 1. The number of carbonyl (C=O) groups is 1. The maximum absolute atomic E-state index is 12.4. The van der Waals surface area contributed by atoms with E-state index >= 15 is 0 Å². The van der Waals surface area contributed by atoms with Crippen LogP contribution in [0.25, 0.3) is 0 Å². The largest absolute Gasteiger partial charge is 0.480 e. The summed E-state index contributed by atoms with van der Waals surface area (Å²) in [6, 6.07) is 5.91. The monoisotopic (exact) mass is 363 g/mol. The zero-order valence-corrected chi connectivity index (χ0v) is 15.7. The third-order valence-electron chi connectivity index (χ3n) is 3.22. The summed E-state index contributed by atoms with van der Waals surface area (Å²) in [4.78, 5) is 12.4. The van der Waals surface area contributed by atoms with Crippen molar-refractivity contribution in [2.75, 3.05) is 11.1 Å². The summed E-state index contributed by atoms with van der Waals surface area (Å²) in [6.45, 7) is 9.58. The van der Waals surface area contributed by atoms with E-state index in [4.69, 9.17) is 4.74 Å². The lowest BCUT2D eigenvalue weighted by Gasteiger charge is -2.18. The molecule has 7 heteroatoms. The molecule has 0 aliphatic rings. The minimum atomic E-state index is -0.570. The fourth-order valence-corrected chi connectivity index (χ4v) is 3.56. The molecule has 1 aromatic heterocycles. The minimum Gasteiger partial charge on any atom is -0.480 e. The molecule has 1 N–H and O–H groups in total. The third kappa shape index (κ3) is 5.07. The lowest BCUT2D eigenvalue weighted by Crippen LogP contribution is -2.32. The smallest absolute Gasteiger partial charge is 0.267 e. The van der Waals surface area contributed by atoms with E-state index in [0.717, 1.165) is 27.0 Å². The molecule has 2 rings (SSSR count). The van der Waals surface area contributed by atoms with Gasteiger partial charge in [-0.25, -0.2) is 0 Å². The van der Waals surface area contributed by atoms with Crippen molar-refractivity contribution < 1.29 is 9.53 Å². The predicted octanol–water partition coefficient (Wildman–Crippen LogP) is 4.23. The first-order chi connectivity index (χ1) is 11.5. The van der Waals surface area contributed by atoms with E-state index in [0.29, 0.717) is 11.6 Å². The second-order valence-corrected chi connectivity index (χ2v) is 7.49. The van der Waals surface area contributed by atoms with Crippen molar-refractivity contribution in [3.63, 3.8) is 0 Å². The van der Waals surface area contributed by atoms with Crippen molar-refractivity contribution in [3.05, 3.63) is 42.0 Å². The number of anilines is 1. The quantitative estimate of drug-likeness (QED) is 0.432. The van der Waals surface area contributed by atoms with Crippen LogP contribution in [-0.2, 0) is 4.79 Å². The average Bonchev–Trinajstić information content (AvgIpc) is 2.99. The maximum atomic E-state index is 12.4. The number of aryl methyl sites for hydroxylation is 2. The lowest BCUT2D eigenvalue weighted by atomic mass is 10.1. The molecule has 5 nitrogen and oxygen atoms in total. The van der Waals surface area contributed by atoms with Crippen LogP contribution < -0.4 is 10.1 Å². The molecule has 24 heavy (non-hydrogen) atoms. The summed E-state index contributed by atoms with van der Waals surface area (Å²) in [5.74, 6) is 1.27. The average molecular weight is 364 g/mol. The Bertz CT molecular complexity index is 716. The molecule has 2 aromatic rings. The second kappa shape index (κ2) is 8.84. The first kappa shape index (κ1) is 18.5. The molecule has 0 saturated heterocycles. The Hall–Kier alpha value is -1.86. The molecule has 0 radical (unpaired) electrons. The summed E-state index contributed by atoms with van der Waals surface area (Å²) in [6.07, 6.45) is 1.80. The second-order valence-electron chi connectivity index (χ2n) is 5.25. The molecular formula is C17H21N3O2S2. The van der Waals surface area contributed by atoms with Crippen LogP contribution in [0.15, 0.2) is 35.2 Å². The van der Waals surface area contributed by atoms with E-state index in [1.807, 2.05) is 39.0 Å². The van der Waals surface area contributed by atoms with Crippen LogP contribution in [0.4, 0.5) is 5.13 Å². The van der Waals surface area contributed by atoms with Gasteiger partial charge in [0.15, 0.2) is 10.4 Å². The SMILES string of the molecule is C=CCSc1nnc(NC(=O)C(CC)Oc2ccc(C)cc2C)s1. The van der Waals surface area contributed by atoms with Crippen molar-refractivity contribution in [2.45, 2.75) is 37.6 Å². The highest BCUT2D eigenvalue weighted by Crippen LogP contribution is 2.26. The zero-order valence-electron chi connectivity index (χ0n) is 14.0. The van der Waals surface area contributed by atoms with E-state index in [1.165, 1.54) is 23.1 Å². The van der Waals surface area contributed by atoms with Crippen LogP contribution in [-0.4, -0.2) is 28.0 Å². The molecule has 0 spiro atoms. The van der Waals surface area contributed by atoms with Gasteiger partial charge in [-0.15, -0.1) is 16.8 Å². The minimum absolute atomic E-state index is 0.214. The fourth-order valence-electron chi connectivity index (χ4n) is 2.04. The standard InChI is InChI=1S/C17H21N3O2S2/c1-5-9-23-17-20-19-16(24-17)18-15(21)13(6-2)22-14-8-7-11(3)10-12(14)4/h5,7-8,10,13H,1,6,9H2,2-4H3,(H,18,19,21). The molecule has 1 unspecified atom stereocenters. The summed E-state index contributed by atoms with van der Waals surface area (Å²) in [5, 5.41) is 11.3. The van der Waals surface area contributed by atoms with Crippen molar-refractivity contribution in [1.29, 1.82) is 0 Å². The number of ether oxygens (including phenoxy) is 1. The fraction of sp³-hybridized carbons (Fsp3) is 0.353. The number of benzene rings is 1. The highest BCUT2D eigenvalue weighted by Gasteiger charge is 2.21. The van der Waals surface area contributed by atoms with Crippen molar-refractivity contribution >= 4 is 34.1 Å². The van der Waals surface area contributed by atoms with Gasteiger partial charge in [0.25, 0.3) is 5.91 Å². The summed E-state index contributed by atoms with van der Waals surface area (Å²) in [5.41, 5.74) is 2.18. The van der Waals surface area contributed by atoms with Gasteiger partial charge in [-0.3, -0.25) is 10.1 Å². The van der Waals surface area contributed by atoms with E-state index < -0.39 is 6.10 Å². The summed E-state index contributed by atoms with van der Waals surface area (Å²) in [7, 11) is 0. The first-order valence-corrected chi connectivity index (χ1v) is 9.45. The highest BCUT2D eigenvalue weighted by molar-refractivity contribution is 8.01. The Morgan fingerprint density at radius 1 is 1.46 bits per heavy atom. The number of hydrogen-bond donors (Lipinski definition) is 1. The van der Waals surface area contributed by atoms with Gasteiger partial charge in [-0.2, -0.15) is 0 Å². The number of thioether (sulfide) groups is 1. The van der Waals surface area contributed by atoms with Crippen LogP contribution in [0.3, 0.4) is 0 Å². The molecule has 1 atom stereocenters. The van der Waals surface area contributed by atoms with E-state index in [-0.39, 0.29) is 5.91 Å². The van der Waals surface area contributed by atoms with Crippen LogP contribution in [0.1, 0.15) is 24.5 Å². The Kier molecular flexibility index (Phi) is 6.81. The number of amides is 1. The van der Waals surface area contributed by atoms with Gasteiger partial charge < -0.3 is 4.74 Å². The van der Waals surface area contributed by atoms with E-state index in [1.54, 1.807) is 6.08 Å². The summed E-state index contributed by atoms with van der Waals surface area (Å²) >= 11 is 2.88. The normalized spacial score (nSPS) is 11.8. The Morgan fingerprint density at radius 3 is 2.92 bits per heavy atom. The highest BCUT2D eigenvalue weighted by atomic mass is 32.2. The molecular weight excluding hydrogens is 342 g/mol. The van der Waals surface area contributed by atoms with Gasteiger partial charge in [0.05, 0.1) is 0 Å². The van der Waals surface area contributed by atoms with E-state index in [2.05, 4.69) is 22.1 Å². The van der Waals surface area contributed by atoms with Gasteiger partial charge in [0, 0.05) is 5.75 Å². The maximum Gasteiger partial charge on any atom is 0.267 e. The third-order valence-corrected chi connectivity index (χ3v) is 5.19. The molecule has 1 aromatic carbocycles. The predicted molar refractivity (Wildman–Crippen MR) is 100 cm³/mol. The number of nitrogens with one attached hydrogen (secondary N) is 1. The molecule has 1 heterocycles. The van der Waals surface area contributed by atoms with Gasteiger partial charge in [-0.1, -0.05) is 53.8 Å². The zero-order chi connectivity index (χ0) is 17.5. The van der Waals surface area contributed by atoms with E-state index in [9.17, 15) is 4.79 Å². The summed E-state index contributed by atoms with van der Waals surface area (Å²) < 4.78 is 6.68. The molecule has 128 valence electrons. The van der Waals surface area contributed by atoms with Crippen LogP contribution in [0, 0.1) is 13.8 Å². The number of aromatic nitrogens is 2. The van der Waals surface area contributed by atoms with Crippen molar-refractivity contribution in [3.8, 4) is 5.75 Å². The van der Waals surface area contributed by atoms with Crippen molar-refractivity contribution in [1.82, 2.24) is 10.2 Å². The van der Waals surface area contributed by atoms with Crippen molar-refractivity contribution in [2.24, 2.45) is 0 Å². The van der Waals surface area contributed by atoms with Gasteiger partial charge >= 0.3 is 0 Å². The number of hydrogen-bond acceptors (Lipinski definition) is 6. The van der Waals surface area contributed by atoms with Gasteiger partial charge in [0.2, 0.25) is 5.13 Å². The molecule has 0 aliphatic carbocycles. The molecule has 0 saturated carbocycles. The van der Waals surface area contributed by atoms with Crippen LogP contribution in [0.5, 0.6) is 5.75 Å².